The number of carbonyl (C=O) groups excluding carboxylic acids is 1. The standard InChI is InChI=1S/C16H24N2O5S/c1-4-18-24(22,23)13-7-5-12(6-8-13)11-14(19)17-10-9-16(2,3)15(20)21/h5-8,18H,4,9-11H2,1-3H3,(H,17,19)(H,20,21). The van der Waals surface area contributed by atoms with Crippen LogP contribution in [0.3, 0.4) is 0 Å². The van der Waals surface area contributed by atoms with E-state index >= 15 is 0 Å². The van der Waals surface area contributed by atoms with Crippen LogP contribution in [0.1, 0.15) is 32.8 Å². The van der Waals surface area contributed by atoms with Crippen LogP contribution in [0, 0.1) is 5.41 Å². The van der Waals surface area contributed by atoms with Gasteiger partial charge in [0, 0.05) is 13.1 Å². The molecule has 0 saturated carbocycles. The Balaban J connectivity index is 2.55. The first-order valence-electron chi connectivity index (χ1n) is 7.67. The van der Waals surface area contributed by atoms with Crippen LogP contribution >= 0.6 is 0 Å². The molecule has 1 rings (SSSR count). The molecule has 0 unspecified atom stereocenters. The molecule has 134 valence electrons. The van der Waals surface area contributed by atoms with Gasteiger partial charge in [-0.1, -0.05) is 19.1 Å². The molecule has 7 nitrogen and oxygen atoms in total. The van der Waals surface area contributed by atoms with Gasteiger partial charge >= 0.3 is 5.97 Å². The number of rotatable bonds is 9. The fraction of sp³-hybridized carbons (Fsp3) is 0.500. The van der Waals surface area contributed by atoms with Gasteiger partial charge < -0.3 is 10.4 Å². The van der Waals surface area contributed by atoms with E-state index in [2.05, 4.69) is 10.0 Å². The highest BCUT2D eigenvalue weighted by Gasteiger charge is 2.26. The normalized spacial score (nSPS) is 12.0. The Labute approximate surface area is 142 Å². The maximum Gasteiger partial charge on any atom is 0.309 e. The van der Waals surface area contributed by atoms with E-state index in [1.807, 2.05) is 0 Å². The zero-order chi connectivity index (χ0) is 18.4. The van der Waals surface area contributed by atoms with E-state index in [4.69, 9.17) is 5.11 Å². The number of nitrogens with one attached hydrogen (secondary N) is 2. The second kappa shape index (κ2) is 8.25. The minimum absolute atomic E-state index is 0.106. The molecule has 1 aromatic rings. The number of amides is 1. The highest BCUT2D eigenvalue weighted by Crippen LogP contribution is 2.19. The quantitative estimate of drug-likeness (QED) is 0.614. The van der Waals surface area contributed by atoms with Crippen LogP contribution < -0.4 is 10.0 Å². The lowest BCUT2D eigenvalue weighted by atomic mass is 9.90. The van der Waals surface area contributed by atoms with Crippen molar-refractivity contribution in [1.82, 2.24) is 10.0 Å². The molecule has 0 aromatic heterocycles. The summed E-state index contributed by atoms with van der Waals surface area (Å²) in [6.07, 6.45) is 0.434. The molecule has 3 N–H and O–H groups in total. The van der Waals surface area contributed by atoms with E-state index in [1.54, 1.807) is 32.9 Å². The number of hydrogen-bond donors (Lipinski definition) is 3. The number of aliphatic carboxylic acids is 1. The number of carboxylic acids is 1. The molecule has 0 fully saturated rings. The monoisotopic (exact) mass is 356 g/mol. The van der Waals surface area contributed by atoms with Crippen LogP contribution in [-0.4, -0.2) is 38.5 Å². The molecule has 1 amide bonds. The van der Waals surface area contributed by atoms with Gasteiger partial charge in [-0.15, -0.1) is 0 Å². The fourth-order valence-corrected chi connectivity index (χ4v) is 2.97. The van der Waals surface area contributed by atoms with Crippen LogP contribution in [-0.2, 0) is 26.0 Å². The molecule has 0 aliphatic heterocycles. The van der Waals surface area contributed by atoms with E-state index in [0.717, 1.165) is 0 Å². The summed E-state index contributed by atoms with van der Waals surface area (Å²) in [7, 11) is -3.50. The largest absolute Gasteiger partial charge is 0.481 e. The Kier molecular flexibility index (Phi) is 6.92. The van der Waals surface area contributed by atoms with Gasteiger partial charge in [-0.2, -0.15) is 0 Å². The first kappa shape index (κ1) is 20.1. The van der Waals surface area contributed by atoms with Crippen LogP contribution in [0.4, 0.5) is 0 Å². The summed E-state index contributed by atoms with van der Waals surface area (Å²) in [5.41, 5.74) is -0.212. The predicted molar refractivity (Wildman–Crippen MR) is 90.1 cm³/mol. The molecule has 0 saturated heterocycles. The van der Waals surface area contributed by atoms with Crippen LogP contribution in [0.2, 0.25) is 0 Å². The zero-order valence-corrected chi connectivity index (χ0v) is 14.9. The zero-order valence-electron chi connectivity index (χ0n) is 14.1. The summed E-state index contributed by atoms with van der Waals surface area (Å²) in [5, 5.41) is 11.7. The number of carboxylic acid groups (broad SMARTS) is 1. The molecular weight excluding hydrogens is 332 g/mol. The third-order valence-corrected chi connectivity index (χ3v) is 5.15. The summed E-state index contributed by atoms with van der Waals surface area (Å²) in [6, 6.07) is 6.08. The topological polar surface area (TPSA) is 113 Å². The Bertz CT molecular complexity index is 681. The summed E-state index contributed by atoms with van der Waals surface area (Å²) in [6.45, 7) is 5.47. The third kappa shape index (κ3) is 5.93. The SMILES string of the molecule is CCNS(=O)(=O)c1ccc(CC(=O)NCCC(C)(C)C(=O)O)cc1. The number of sulfonamides is 1. The van der Waals surface area contributed by atoms with Crippen molar-refractivity contribution in [3.63, 3.8) is 0 Å². The number of hydrogen-bond acceptors (Lipinski definition) is 4. The van der Waals surface area contributed by atoms with Gasteiger partial charge in [-0.25, -0.2) is 13.1 Å². The Morgan fingerprint density at radius 3 is 2.25 bits per heavy atom. The average Bonchev–Trinajstić information content (AvgIpc) is 2.47. The van der Waals surface area contributed by atoms with Gasteiger partial charge in [0.25, 0.3) is 0 Å². The molecular formula is C16H24N2O5S. The molecule has 1 aromatic carbocycles. The fourth-order valence-electron chi connectivity index (χ4n) is 1.93. The lowest BCUT2D eigenvalue weighted by molar-refractivity contribution is -0.147. The lowest BCUT2D eigenvalue weighted by Crippen LogP contribution is -2.32. The van der Waals surface area contributed by atoms with Gasteiger partial charge in [0.2, 0.25) is 15.9 Å². The first-order valence-corrected chi connectivity index (χ1v) is 9.15. The van der Waals surface area contributed by atoms with Crippen molar-refractivity contribution in [3.8, 4) is 0 Å². The summed E-state index contributed by atoms with van der Waals surface area (Å²) in [4.78, 5) is 23.0. The van der Waals surface area contributed by atoms with Crippen molar-refractivity contribution in [1.29, 1.82) is 0 Å². The highest BCUT2D eigenvalue weighted by atomic mass is 32.2. The van der Waals surface area contributed by atoms with E-state index in [-0.39, 0.29) is 23.8 Å². The van der Waals surface area contributed by atoms with Crippen molar-refractivity contribution in [2.45, 2.75) is 38.5 Å². The maximum absolute atomic E-state index is 11.9. The van der Waals surface area contributed by atoms with Gasteiger partial charge in [0.1, 0.15) is 0 Å². The smallest absolute Gasteiger partial charge is 0.309 e. The van der Waals surface area contributed by atoms with Crippen molar-refractivity contribution in [2.24, 2.45) is 5.41 Å². The highest BCUT2D eigenvalue weighted by molar-refractivity contribution is 7.89. The predicted octanol–water partition coefficient (Wildman–Crippen LogP) is 1.14. The number of benzene rings is 1. The van der Waals surface area contributed by atoms with Crippen LogP contribution in [0.25, 0.3) is 0 Å². The van der Waals surface area contributed by atoms with Crippen LogP contribution in [0.15, 0.2) is 29.2 Å². The molecule has 0 atom stereocenters. The third-order valence-electron chi connectivity index (χ3n) is 3.58. The Morgan fingerprint density at radius 1 is 1.17 bits per heavy atom. The van der Waals surface area contributed by atoms with Gasteiger partial charge in [-0.05, 0) is 38.0 Å². The van der Waals surface area contributed by atoms with Gasteiger partial charge in [0.05, 0.1) is 16.7 Å². The van der Waals surface area contributed by atoms with Crippen LogP contribution in [0.5, 0.6) is 0 Å². The van der Waals surface area contributed by atoms with E-state index in [1.165, 1.54) is 12.1 Å². The molecule has 24 heavy (non-hydrogen) atoms. The van der Waals surface area contributed by atoms with E-state index in [0.29, 0.717) is 18.5 Å². The van der Waals surface area contributed by atoms with E-state index < -0.39 is 21.4 Å². The molecule has 0 spiro atoms. The van der Waals surface area contributed by atoms with Gasteiger partial charge in [-0.3, -0.25) is 9.59 Å². The molecule has 0 aliphatic rings. The minimum Gasteiger partial charge on any atom is -0.481 e. The van der Waals surface area contributed by atoms with Crippen molar-refractivity contribution < 1.29 is 23.1 Å². The van der Waals surface area contributed by atoms with Crippen molar-refractivity contribution in [2.75, 3.05) is 13.1 Å². The Hall–Kier alpha value is -1.93. The molecule has 0 heterocycles. The minimum atomic E-state index is -3.50. The first-order chi connectivity index (χ1) is 11.1. The molecule has 8 heteroatoms. The van der Waals surface area contributed by atoms with Gasteiger partial charge in [0.15, 0.2) is 0 Å². The number of carbonyl (C=O) groups is 2. The average molecular weight is 356 g/mol. The van der Waals surface area contributed by atoms with Crippen molar-refractivity contribution in [3.05, 3.63) is 29.8 Å². The van der Waals surface area contributed by atoms with E-state index in [9.17, 15) is 18.0 Å². The molecule has 0 aliphatic carbocycles. The molecule has 0 bridgehead atoms. The van der Waals surface area contributed by atoms with Crippen molar-refractivity contribution >= 4 is 21.9 Å². The lowest BCUT2D eigenvalue weighted by Gasteiger charge is -2.18. The maximum atomic E-state index is 11.9. The second-order valence-electron chi connectivity index (χ2n) is 6.11. The Morgan fingerprint density at radius 2 is 1.75 bits per heavy atom. The summed E-state index contributed by atoms with van der Waals surface area (Å²) < 4.78 is 26.0. The summed E-state index contributed by atoms with van der Waals surface area (Å²) >= 11 is 0. The second-order valence-corrected chi connectivity index (χ2v) is 7.88. The summed E-state index contributed by atoms with van der Waals surface area (Å²) in [5.74, 6) is -1.15. The molecule has 0 radical (unpaired) electrons.